The molecule has 1 unspecified atom stereocenters. The summed E-state index contributed by atoms with van der Waals surface area (Å²) >= 11 is 1.46. The lowest BCUT2D eigenvalue weighted by Gasteiger charge is -2.27. The van der Waals surface area contributed by atoms with Crippen LogP contribution in [0.4, 0.5) is 0 Å². The molecular weight excluding hydrogens is 472 g/mol. The van der Waals surface area contributed by atoms with Crippen LogP contribution >= 0.6 is 11.3 Å². The number of nitrogens with one attached hydrogen (secondary N) is 1. The van der Waals surface area contributed by atoms with E-state index in [-0.39, 0.29) is 24.0 Å². The molecule has 2 aromatic rings. The lowest BCUT2D eigenvalue weighted by atomic mass is 9.85. The van der Waals surface area contributed by atoms with Gasteiger partial charge in [0.05, 0.1) is 36.2 Å². The van der Waals surface area contributed by atoms with Crippen molar-refractivity contribution in [2.75, 3.05) is 12.4 Å². The zero-order valence-corrected chi connectivity index (χ0v) is 20.8. The number of hydrogen-bond donors (Lipinski definition) is 2. The maximum absolute atomic E-state index is 12.2. The van der Waals surface area contributed by atoms with E-state index >= 15 is 0 Å². The SMILES string of the molecule is CC(C)OC1CC=C(c2nnc(-c3cccc4c3CCC[C@@H]4NS(=O)(=O)CCO)s2)C=C1C#N. The van der Waals surface area contributed by atoms with Crippen molar-refractivity contribution in [1.29, 1.82) is 5.26 Å². The number of rotatable bonds is 8. The Labute approximate surface area is 204 Å². The molecule has 0 saturated carbocycles. The molecule has 1 heterocycles. The topological polar surface area (TPSA) is 125 Å². The molecular formula is C24H28N4O4S2. The zero-order chi connectivity index (χ0) is 24.3. The van der Waals surface area contributed by atoms with Gasteiger partial charge < -0.3 is 9.84 Å². The first-order chi connectivity index (χ1) is 16.3. The van der Waals surface area contributed by atoms with Gasteiger partial charge in [0.1, 0.15) is 10.0 Å². The molecule has 2 atom stereocenters. The first kappa shape index (κ1) is 24.7. The summed E-state index contributed by atoms with van der Waals surface area (Å²) in [5, 5.41) is 28.9. The largest absolute Gasteiger partial charge is 0.395 e. The molecule has 180 valence electrons. The zero-order valence-electron chi connectivity index (χ0n) is 19.2. The Balaban J connectivity index is 1.61. The lowest BCUT2D eigenvalue weighted by Crippen LogP contribution is -2.33. The van der Waals surface area contributed by atoms with Crippen molar-refractivity contribution < 1.29 is 18.3 Å². The fourth-order valence-electron chi connectivity index (χ4n) is 4.41. The van der Waals surface area contributed by atoms with E-state index in [4.69, 9.17) is 9.84 Å². The minimum atomic E-state index is -3.56. The number of allylic oxidation sites excluding steroid dienone is 2. The molecule has 2 N–H and O–H groups in total. The van der Waals surface area contributed by atoms with Gasteiger partial charge in [0.15, 0.2) is 0 Å². The third-order valence-electron chi connectivity index (χ3n) is 5.87. The fourth-order valence-corrected chi connectivity index (χ4v) is 6.35. The van der Waals surface area contributed by atoms with Crippen LogP contribution in [0.3, 0.4) is 0 Å². The number of ether oxygens (including phenoxy) is 1. The highest BCUT2D eigenvalue weighted by molar-refractivity contribution is 7.89. The molecule has 1 aromatic heterocycles. The van der Waals surface area contributed by atoms with Crippen molar-refractivity contribution >= 4 is 26.9 Å². The summed E-state index contributed by atoms with van der Waals surface area (Å²) in [4.78, 5) is 0. The van der Waals surface area contributed by atoms with Crippen LogP contribution < -0.4 is 4.72 Å². The molecule has 0 saturated heterocycles. The van der Waals surface area contributed by atoms with Crippen LogP contribution in [-0.2, 0) is 21.2 Å². The number of aliphatic hydroxyl groups excluding tert-OH is 1. The predicted molar refractivity (Wildman–Crippen MR) is 131 cm³/mol. The maximum Gasteiger partial charge on any atom is 0.214 e. The summed E-state index contributed by atoms with van der Waals surface area (Å²) in [5.41, 5.74) is 4.42. The molecule has 34 heavy (non-hydrogen) atoms. The van der Waals surface area contributed by atoms with Gasteiger partial charge in [0.25, 0.3) is 0 Å². The van der Waals surface area contributed by atoms with E-state index in [9.17, 15) is 13.7 Å². The van der Waals surface area contributed by atoms with Crippen LogP contribution in [-0.4, -0.2) is 48.3 Å². The molecule has 2 aliphatic carbocycles. The first-order valence-electron chi connectivity index (χ1n) is 11.4. The van der Waals surface area contributed by atoms with E-state index < -0.39 is 16.6 Å². The summed E-state index contributed by atoms with van der Waals surface area (Å²) in [6, 6.07) is 7.78. The van der Waals surface area contributed by atoms with Gasteiger partial charge in [-0.15, -0.1) is 10.2 Å². The molecule has 0 amide bonds. The van der Waals surface area contributed by atoms with Crippen molar-refractivity contribution in [1.82, 2.24) is 14.9 Å². The highest BCUT2D eigenvalue weighted by Crippen LogP contribution is 2.39. The number of hydrogen-bond acceptors (Lipinski definition) is 8. The molecule has 8 nitrogen and oxygen atoms in total. The summed E-state index contributed by atoms with van der Waals surface area (Å²) in [5.74, 6) is -0.311. The second-order valence-corrected chi connectivity index (χ2v) is 11.5. The van der Waals surface area contributed by atoms with Gasteiger partial charge >= 0.3 is 0 Å². The Morgan fingerprint density at radius 1 is 1.32 bits per heavy atom. The minimum Gasteiger partial charge on any atom is -0.395 e. The quantitative estimate of drug-likeness (QED) is 0.568. The van der Waals surface area contributed by atoms with E-state index in [1.165, 1.54) is 11.3 Å². The number of sulfonamides is 1. The van der Waals surface area contributed by atoms with Crippen LogP contribution in [0.1, 0.15) is 55.3 Å². The van der Waals surface area contributed by atoms with Gasteiger partial charge in [0, 0.05) is 17.2 Å². The Kier molecular flexibility index (Phi) is 7.60. The molecule has 2 aliphatic rings. The second-order valence-electron chi connectivity index (χ2n) is 8.67. The molecule has 0 fully saturated rings. The molecule has 10 heteroatoms. The predicted octanol–water partition coefficient (Wildman–Crippen LogP) is 3.52. The Morgan fingerprint density at radius 2 is 2.12 bits per heavy atom. The van der Waals surface area contributed by atoms with E-state index in [2.05, 4.69) is 21.0 Å². The number of aliphatic hydroxyl groups is 1. The lowest BCUT2D eigenvalue weighted by molar-refractivity contribution is 0.0327. The monoisotopic (exact) mass is 500 g/mol. The second kappa shape index (κ2) is 10.5. The van der Waals surface area contributed by atoms with Crippen molar-refractivity contribution in [3.8, 4) is 16.6 Å². The Hall–Kier alpha value is -2.42. The highest BCUT2D eigenvalue weighted by atomic mass is 32.2. The van der Waals surface area contributed by atoms with Gasteiger partial charge in [-0.2, -0.15) is 5.26 Å². The van der Waals surface area contributed by atoms with Crippen LogP contribution in [0, 0.1) is 11.3 Å². The van der Waals surface area contributed by atoms with Crippen molar-refractivity contribution in [2.45, 2.75) is 57.8 Å². The average Bonchev–Trinajstić information content (AvgIpc) is 3.28. The Morgan fingerprint density at radius 3 is 2.85 bits per heavy atom. The normalized spacial score (nSPS) is 20.4. The van der Waals surface area contributed by atoms with E-state index in [0.717, 1.165) is 45.1 Å². The van der Waals surface area contributed by atoms with Gasteiger partial charge in [-0.25, -0.2) is 13.1 Å². The van der Waals surface area contributed by atoms with Gasteiger partial charge in [-0.1, -0.05) is 35.6 Å². The summed E-state index contributed by atoms with van der Waals surface area (Å²) < 4.78 is 33.1. The third kappa shape index (κ3) is 5.45. The maximum atomic E-state index is 12.2. The van der Waals surface area contributed by atoms with Crippen LogP contribution in [0.5, 0.6) is 0 Å². The van der Waals surface area contributed by atoms with Crippen LogP contribution in [0.2, 0.25) is 0 Å². The van der Waals surface area contributed by atoms with E-state index in [0.29, 0.717) is 18.4 Å². The van der Waals surface area contributed by atoms with E-state index in [1.807, 2.05) is 44.2 Å². The number of nitrogens with zero attached hydrogens (tertiary/aromatic N) is 3. The van der Waals surface area contributed by atoms with Gasteiger partial charge in [0.2, 0.25) is 10.0 Å². The molecule has 0 spiro atoms. The smallest absolute Gasteiger partial charge is 0.214 e. The average molecular weight is 501 g/mol. The number of benzene rings is 1. The Bertz CT molecular complexity index is 1260. The summed E-state index contributed by atoms with van der Waals surface area (Å²) in [7, 11) is -3.56. The molecule has 0 aliphatic heterocycles. The fraction of sp³-hybridized carbons (Fsp3) is 0.458. The number of nitriles is 1. The highest BCUT2D eigenvalue weighted by Gasteiger charge is 2.27. The molecule has 0 radical (unpaired) electrons. The van der Waals surface area contributed by atoms with Crippen molar-refractivity contribution in [3.05, 3.63) is 52.1 Å². The standard InChI is InChI=1S/C24H28N4O4S2/c1-15(2)32-22-10-9-16(13-17(22)14-25)23-26-27-24(33-23)20-7-3-6-19-18(20)5-4-8-21(19)28-34(30,31)12-11-29/h3,6-7,9,13,15,21-22,28-29H,4-5,8,10-12H2,1-2H3/t21-,22?/m0/s1. The molecule has 4 rings (SSSR count). The minimum absolute atomic E-state index is 0.0334. The van der Waals surface area contributed by atoms with Gasteiger partial charge in [-0.05, 0) is 56.7 Å². The third-order valence-corrected chi connectivity index (χ3v) is 8.24. The number of fused-ring (bicyclic) bond motifs is 1. The van der Waals surface area contributed by atoms with Crippen LogP contribution in [0.25, 0.3) is 16.1 Å². The number of aromatic nitrogens is 2. The molecule has 0 bridgehead atoms. The van der Waals surface area contributed by atoms with Crippen LogP contribution in [0.15, 0.2) is 35.9 Å². The van der Waals surface area contributed by atoms with E-state index in [1.54, 1.807) is 0 Å². The summed E-state index contributed by atoms with van der Waals surface area (Å²) in [6.45, 7) is 3.49. The van der Waals surface area contributed by atoms with Gasteiger partial charge in [-0.3, -0.25) is 0 Å². The van der Waals surface area contributed by atoms with Crippen molar-refractivity contribution in [2.24, 2.45) is 0 Å². The molecule has 1 aromatic carbocycles. The van der Waals surface area contributed by atoms with Crippen molar-refractivity contribution in [3.63, 3.8) is 0 Å². The summed E-state index contributed by atoms with van der Waals surface area (Å²) in [6.07, 6.45) is 6.64. The first-order valence-corrected chi connectivity index (χ1v) is 13.8.